The van der Waals surface area contributed by atoms with E-state index in [1.165, 1.54) is 5.56 Å². The van der Waals surface area contributed by atoms with E-state index in [1.807, 2.05) is 62.4 Å². The molecule has 0 fully saturated rings. The summed E-state index contributed by atoms with van der Waals surface area (Å²) in [5.41, 5.74) is 5.55. The number of aryl methyl sites for hydroxylation is 2. The fourth-order valence-electron chi connectivity index (χ4n) is 3.36. The molecule has 2 aromatic carbocycles. The van der Waals surface area contributed by atoms with Crippen molar-refractivity contribution in [3.05, 3.63) is 83.2 Å². The van der Waals surface area contributed by atoms with Crippen molar-refractivity contribution in [3.63, 3.8) is 0 Å². The third-order valence-corrected chi connectivity index (χ3v) is 5.34. The summed E-state index contributed by atoms with van der Waals surface area (Å²) in [5.74, 6) is -0.410. The van der Waals surface area contributed by atoms with E-state index in [9.17, 15) is 9.59 Å². The molecule has 3 rings (SSSR count). The molecule has 0 saturated carbocycles. The van der Waals surface area contributed by atoms with Gasteiger partial charge in [-0.05, 0) is 80.3 Å². The van der Waals surface area contributed by atoms with Crippen LogP contribution in [0.2, 0.25) is 0 Å². The summed E-state index contributed by atoms with van der Waals surface area (Å²) in [7, 11) is 0. The number of carbonyl (C=O) groups is 2. The van der Waals surface area contributed by atoms with Crippen LogP contribution in [-0.4, -0.2) is 23.1 Å². The molecule has 30 heavy (non-hydrogen) atoms. The summed E-state index contributed by atoms with van der Waals surface area (Å²) < 4.78 is 7.27. The lowest BCUT2D eigenvalue weighted by molar-refractivity contribution is -0.119. The number of nitrogens with zero attached hydrogens (tertiary/aromatic N) is 1. The first-order valence-electron chi connectivity index (χ1n) is 10.2. The summed E-state index contributed by atoms with van der Waals surface area (Å²) in [6.07, 6.45) is 1.06. The zero-order chi connectivity index (χ0) is 21.7. The highest BCUT2D eigenvalue weighted by Crippen LogP contribution is 2.20. The van der Waals surface area contributed by atoms with E-state index in [4.69, 9.17) is 4.74 Å². The van der Waals surface area contributed by atoms with E-state index in [0.717, 1.165) is 23.5 Å². The minimum Gasteiger partial charge on any atom is -0.452 e. The number of rotatable bonds is 7. The molecule has 0 aliphatic heterocycles. The average Bonchev–Trinajstić information content (AvgIpc) is 3.10. The monoisotopic (exact) mass is 404 g/mol. The van der Waals surface area contributed by atoms with E-state index in [0.29, 0.717) is 17.2 Å². The second-order valence-electron chi connectivity index (χ2n) is 7.55. The van der Waals surface area contributed by atoms with Gasteiger partial charge in [-0.1, -0.05) is 26.0 Å². The molecule has 0 aliphatic carbocycles. The summed E-state index contributed by atoms with van der Waals surface area (Å²) in [5, 5.41) is 2.75. The van der Waals surface area contributed by atoms with Crippen LogP contribution in [0, 0.1) is 13.8 Å². The largest absolute Gasteiger partial charge is 0.452 e. The van der Waals surface area contributed by atoms with Crippen molar-refractivity contribution in [3.8, 4) is 5.69 Å². The van der Waals surface area contributed by atoms with E-state index in [1.54, 1.807) is 12.1 Å². The predicted molar refractivity (Wildman–Crippen MR) is 119 cm³/mol. The van der Waals surface area contributed by atoms with Crippen molar-refractivity contribution < 1.29 is 14.3 Å². The fourth-order valence-corrected chi connectivity index (χ4v) is 3.36. The van der Waals surface area contributed by atoms with E-state index >= 15 is 0 Å². The number of hydrogen-bond donors (Lipinski definition) is 1. The number of carbonyl (C=O) groups excluding carboxylic acids is 2. The number of ether oxygens (including phenoxy) is 1. The number of hydrogen-bond acceptors (Lipinski definition) is 3. The first-order chi connectivity index (χ1) is 14.4. The smallest absolute Gasteiger partial charge is 0.338 e. The lowest BCUT2D eigenvalue weighted by atomic mass is 9.99. The van der Waals surface area contributed by atoms with Crippen LogP contribution < -0.4 is 5.32 Å². The van der Waals surface area contributed by atoms with E-state index in [-0.39, 0.29) is 12.5 Å². The minimum atomic E-state index is -0.523. The number of esters is 1. The average molecular weight is 405 g/mol. The van der Waals surface area contributed by atoms with Gasteiger partial charge >= 0.3 is 5.97 Å². The summed E-state index contributed by atoms with van der Waals surface area (Å²) >= 11 is 0. The Morgan fingerprint density at radius 3 is 2.10 bits per heavy atom. The Morgan fingerprint density at radius 2 is 1.53 bits per heavy atom. The number of anilines is 1. The molecule has 0 spiro atoms. The molecule has 5 nitrogen and oxygen atoms in total. The predicted octanol–water partition coefficient (Wildman–Crippen LogP) is 5.40. The Hall–Kier alpha value is -3.34. The highest BCUT2D eigenvalue weighted by atomic mass is 16.5. The first-order valence-corrected chi connectivity index (χ1v) is 10.2. The summed E-state index contributed by atoms with van der Waals surface area (Å²) in [6, 6.07) is 19.0. The van der Waals surface area contributed by atoms with Gasteiger partial charge in [0, 0.05) is 22.8 Å². The maximum absolute atomic E-state index is 12.3. The molecule has 3 aromatic rings. The Bertz CT molecular complexity index is 998. The Balaban J connectivity index is 1.54. The van der Waals surface area contributed by atoms with Crippen LogP contribution in [0.5, 0.6) is 0 Å². The van der Waals surface area contributed by atoms with Crippen molar-refractivity contribution in [2.45, 2.75) is 40.0 Å². The quantitative estimate of drug-likeness (QED) is 0.536. The van der Waals surface area contributed by atoms with Crippen molar-refractivity contribution in [1.29, 1.82) is 0 Å². The van der Waals surface area contributed by atoms with Gasteiger partial charge in [-0.25, -0.2) is 4.79 Å². The normalized spacial score (nSPS) is 11.7. The number of amides is 1. The molecule has 1 heterocycles. The molecule has 0 bridgehead atoms. The second-order valence-corrected chi connectivity index (χ2v) is 7.55. The van der Waals surface area contributed by atoms with Gasteiger partial charge < -0.3 is 14.6 Å². The topological polar surface area (TPSA) is 60.3 Å². The van der Waals surface area contributed by atoms with Gasteiger partial charge in [0.25, 0.3) is 5.91 Å². The molecule has 0 radical (unpaired) electrons. The van der Waals surface area contributed by atoms with Gasteiger partial charge in [0.1, 0.15) is 0 Å². The van der Waals surface area contributed by atoms with Crippen LogP contribution in [0.25, 0.3) is 5.69 Å². The third kappa shape index (κ3) is 4.98. The van der Waals surface area contributed by atoms with Crippen LogP contribution in [0.4, 0.5) is 5.69 Å². The van der Waals surface area contributed by atoms with Crippen LogP contribution in [0.3, 0.4) is 0 Å². The summed E-state index contributed by atoms with van der Waals surface area (Å²) in [4.78, 5) is 24.4. The molecule has 156 valence electrons. The minimum absolute atomic E-state index is 0.330. The molecular weight excluding hydrogens is 376 g/mol. The first kappa shape index (κ1) is 21.4. The number of benzene rings is 2. The zero-order valence-electron chi connectivity index (χ0n) is 17.9. The molecule has 0 aliphatic rings. The Labute approximate surface area is 177 Å². The highest BCUT2D eigenvalue weighted by Gasteiger charge is 2.12. The zero-order valence-corrected chi connectivity index (χ0v) is 17.9. The maximum Gasteiger partial charge on any atom is 0.338 e. The molecule has 1 atom stereocenters. The lowest BCUT2D eigenvalue weighted by Crippen LogP contribution is -2.21. The molecular formula is C25H28N2O3. The molecule has 1 aromatic heterocycles. The van der Waals surface area contributed by atoms with Crippen molar-refractivity contribution in [1.82, 2.24) is 4.57 Å². The standard InChI is InChI=1S/C25H28N2O3/c1-5-17(2)20-8-12-22(13-9-20)26-24(28)16-30-25(29)21-10-14-23(15-11-21)27-18(3)6-7-19(27)4/h6-15,17H,5,16H2,1-4H3,(H,26,28)/t17-/m0/s1. The SMILES string of the molecule is CC[C@H](C)c1ccc(NC(=O)COC(=O)c2ccc(-n3c(C)ccc3C)cc2)cc1. The van der Waals surface area contributed by atoms with Gasteiger partial charge in [-0.3, -0.25) is 4.79 Å². The van der Waals surface area contributed by atoms with E-state index in [2.05, 4.69) is 23.7 Å². The van der Waals surface area contributed by atoms with Crippen LogP contribution >= 0.6 is 0 Å². The molecule has 1 amide bonds. The maximum atomic E-state index is 12.3. The van der Waals surface area contributed by atoms with Gasteiger partial charge in [0.15, 0.2) is 6.61 Å². The van der Waals surface area contributed by atoms with E-state index < -0.39 is 5.97 Å². The Morgan fingerprint density at radius 1 is 0.933 bits per heavy atom. The molecule has 1 N–H and O–H groups in total. The lowest BCUT2D eigenvalue weighted by Gasteiger charge is -2.11. The van der Waals surface area contributed by atoms with Gasteiger partial charge in [-0.2, -0.15) is 0 Å². The molecule has 5 heteroatoms. The highest BCUT2D eigenvalue weighted by molar-refractivity contribution is 5.95. The van der Waals surface area contributed by atoms with Crippen LogP contribution in [-0.2, 0) is 9.53 Å². The number of nitrogens with one attached hydrogen (secondary N) is 1. The van der Waals surface area contributed by atoms with Crippen molar-refractivity contribution in [2.24, 2.45) is 0 Å². The van der Waals surface area contributed by atoms with Crippen LogP contribution in [0.1, 0.15) is 53.5 Å². The third-order valence-electron chi connectivity index (χ3n) is 5.34. The molecule has 0 unspecified atom stereocenters. The van der Waals surface area contributed by atoms with Gasteiger partial charge in [0.05, 0.1) is 5.56 Å². The fraction of sp³-hybridized carbons (Fsp3) is 0.280. The number of aromatic nitrogens is 1. The molecule has 0 saturated heterocycles. The van der Waals surface area contributed by atoms with Gasteiger partial charge in [0.2, 0.25) is 0 Å². The van der Waals surface area contributed by atoms with Gasteiger partial charge in [-0.15, -0.1) is 0 Å². The van der Waals surface area contributed by atoms with Crippen molar-refractivity contribution in [2.75, 3.05) is 11.9 Å². The van der Waals surface area contributed by atoms with Crippen molar-refractivity contribution >= 4 is 17.6 Å². The second kappa shape index (κ2) is 9.44. The Kier molecular flexibility index (Phi) is 6.72. The van der Waals surface area contributed by atoms with Crippen LogP contribution in [0.15, 0.2) is 60.7 Å². The summed E-state index contributed by atoms with van der Waals surface area (Å²) in [6.45, 7) is 8.05.